The number of benzene rings is 1. The number of methoxy groups -OCH3 is 1. The SMILES string of the molecule is COc1cc(C)c(N)cc1S(=O)(=O)N1CCCC1CO. The number of nitrogen functional groups attached to an aromatic ring is 1. The maximum atomic E-state index is 12.7. The summed E-state index contributed by atoms with van der Waals surface area (Å²) >= 11 is 0. The van der Waals surface area contributed by atoms with Gasteiger partial charge in [-0.2, -0.15) is 4.31 Å². The highest BCUT2D eigenvalue weighted by atomic mass is 32.2. The van der Waals surface area contributed by atoms with Crippen molar-refractivity contribution >= 4 is 15.7 Å². The smallest absolute Gasteiger partial charge is 0.247 e. The molecule has 20 heavy (non-hydrogen) atoms. The lowest BCUT2D eigenvalue weighted by molar-refractivity contribution is 0.213. The fourth-order valence-electron chi connectivity index (χ4n) is 2.47. The van der Waals surface area contributed by atoms with Crippen molar-refractivity contribution < 1.29 is 18.3 Å². The highest BCUT2D eigenvalue weighted by molar-refractivity contribution is 7.89. The number of hydrogen-bond acceptors (Lipinski definition) is 5. The van der Waals surface area contributed by atoms with E-state index in [9.17, 15) is 13.5 Å². The van der Waals surface area contributed by atoms with E-state index >= 15 is 0 Å². The number of ether oxygens (including phenoxy) is 1. The van der Waals surface area contributed by atoms with Crippen LogP contribution in [-0.4, -0.2) is 44.1 Å². The van der Waals surface area contributed by atoms with Crippen molar-refractivity contribution in [1.82, 2.24) is 4.31 Å². The fraction of sp³-hybridized carbons (Fsp3) is 0.538. The molecule has 1 atom stereocenters. The molecule has 0 saturated carbocycles. The Labute approximate surface area is 119 Å². The average molecular weight is 300 g/mol. The summed E-state index contributed by atoms with van der Waals surface area (Å²) < 4.78 is 32.0. The second-order valence-electron chi connectivity index (χ2n) is 4.95. The van der Waals surface area contributed by atoms with Gasteiger partial charge in [-0.15, -0.1) is 0 Å². The first-order chi connectivity index (χ1) is 9.41. The van der Waals surface area contributed by atoms with Gasteiger partial charge in [0.2, 0.25) is 10.0 Å². The topological polar surface area (TPSA) is 92.9 Å². The van der Waals surface area contributed by atoms with Crippen molar-refractivity contribution in [3.8, 4) is 5.75 Å². The van der Waals surface area contributed by atoms with Gasteiger partial charge < -0.3 is 15.6 Å². The zero-order valence-corrected chi connectivity index (χ0v) is 12.5. The minimum Gasteiger partial charge on any atom is -0.495 e. The summed E-state index contributed by atoms with van der Waals surface area (Å²) in [6.07, 6.45) is 1.41. The van der Waals surface area contributed by atoms with Gasteiger partial charge in [0, 0.05) is 18.3 Å². The van der Waals surface area contributed by atoms with E-state index in [1.54, 1.807) is 13.0 Å². The molecule has 0 aromatic heterocycles. The first-order valence-corrected chi connectivity index (χ1v) is 7.92. The normalized spacial score (nSPS) is 20.2. The number of nitrogens with two attached hydrogens (primary N) is 1. The number of anilines is 1. The fourth-order valence-corrected chi connectivity index (χ4v) is 4.33. The van der Waals surface area contributed by atoms with Crippen molar-refractivity contribution in [2.75, 3.05) is 26.0 Å². The van der Waals surface area contributed by atoms with Gasteiger partial charge in [-0.25, -0.2) is 8.42 Å². The van der Waals surface area contributed by atoms with Gasteiger partial charge in [-0.3, -0.25) is 0 Å². The predicted molar refractivity (Wildman–Crippen MR) is 76.1 cm³/mol. The quantitative estimate of drug-likeness (QED) is 0.800. The van der Waals surface area contributed by atoms with E-state index < -0.39 is 10.0 Å². The van der Waals surface area contributed by atoms with Crippen molar-refractivity contribution in [2.24, 2.45) is 0 Å². The third kappa shape index (κ3) is 2.48. The molecule has 1 aliphatic rings. The number of aryl methyl sites for hydroxylation is 1. The zero-order valence-electron chi connectivity index (χ0n) is 11.7. The number of aliphatic hydroxyl groups is 1. The van der Waals surface area contributed by atoms with E-state index in [0.717, 1.165) is 12.0 Å². The average Bonchev–Trinajstić information content (AvgIpc) is 2.90. The van der Waals surface area contributed by atoms with Gasteiger partial charge in [0.05, 0.1) is 13.7 Å². The Hall–Kier alpha value is -1.31. The molecule has 3 N–H and O–H groups in total. The predicted octanol–water partition coefficient (Wildman–Crippen LogP) is 0.731. The maximum absolute atomic E-state index is 12.7. The molecule has 1 heterocycles. The van der Waals surface area contributed by atoms with Gasteiger partial charge in [-0.05, 0) is 37.5 Å². The lowest BCUT2D eigenvalue weighted by Crippen LogP contribution is -2.37. The Bertz CT molecular complexity index is 601. The van der Waals surface area contributed by atoms with Crippen LogP contribution in [-0.2, 0) is 10.0 Å². The number of sulfonamides is 1. The standard InChI is InChI=1S/C13H20N2O4S/c1-9-6-12(19-2)13(7-11(9)14)20(17,18)15-5-3-4-10(15)8-16/h6-7,10,16H,3-5,8,14H2,1-2H3. The number of hydrogen-bond donors (Lipinski definition) is 2. The van der Waals surface area contributed by atoms with E-state index in [-0.39, 0.29) is 23.3 Å². The van der Waals surface area contributed by atoms with E-state index in [1.165, 1.54) is 17.5 Å². The molecule has 1 fully saturated rings. The van der Waals surface area contributed by atoms with Crippen LogP contribution in [0, 0.1) is 6.92 Å². The highest BCUT2D eigenvalue weighted by Gasteiger charge is 2.36. The molecule has 1 aromatic carbocycles. The van der Waals surface area contributed by atoms with Crippen molar-refractivity contribution in [2.45, 2.75) is 30.7 Å². The molecule has 2 rings (SSSR count). The molecule has 0 radical (unpaired) electrons. The Morgan fingerprint density at radius 2 is 2.20 bits per heavy atom. The molecule has 0 bridgehead atoms. The van der Waals surface area contributed by atoms with Gasteiger partial charge in [0.25, 0.3) is 0 Å². The van der Waals surface area contributed by atoms with Crippen molar-refractivity contribution in [3.05, 3.63) is 17.7 Å². The minimum atomic E-state index is -3.71. The molecule has 1 saturated heterocycles. The summed E-state index contributed by atoms with van der Waals surface area (Å²) in [4.78, 5) is 0.0587. The second kappa shape index (κ2) is 5.59. The highest BCUT2D eigenvalue weighted by Crippen LogP contribution is 2.34. The molecule has 0 aliphatic carbocycles. The number of nitrogens with zero attached hydrogens (tertiary/aromatic N) is 1. The summed E-state index contributed by atoms with van der Waals surface area (Å²) in [5.41, 5.74) is 6.99. The molecular formula is C13H20N2O4S. The summed E-state index contributed by atoms with van der Waals surface area (Å²) in [5.74, 6) is 0.278. The Kier molecular flexibility index (Phi) is 4.22. The lowest BCUT2D eigenvalue weighted by Gasteiger charge is -2.23. The molecule has 1 aliphatic heterocycles. The van der Waals surface area contributed by atoms with E-state index in [1.807, 2.05) is 0 Å². The van der Waals surface area contributed by atoms with Crippen LogP contribution in [0.4, 0.5) is 5.69 Å². The molecule has 0 spiro atoms. The summed E-state index contributed by atoms with van der Waals surface area (Å²) in [6.45, 7) is 2.02. The van der Waals surface area contributed by atoms with E-state index in [2.05, 4.69) is 0 Å². The van der Waals surface area contributed by atoms with Gasteiger partial charge >= 0.3 is 0 Å². The number of aliphatic hydroxyl groups excluding tert-OH is 1. The van der Waals surface area contributed by atoms with Gasteiger partial charge in [-0.1, -0.05) is 0 Å². The Morgan fingerprint density at radius 1 is 1.50 bits per heavy atom. The van der Waals surface area contributed by atoms with Crippen LogP contribution in [0.1, 0.15) is 18.4 Å². The molecule has 7 heteroatoms. The summed E-state index contributed by atoms with van der Waals surface area (Å²) in [7, 11) is -2.29. The molecular weight excluding hydrogens is 280 g/mol. The Morgan fingerprint density at radius 3 is 2.80 bits per heavy atom. The van der Waals surface area contributed by atoms with Gasteiger partial charge in [0.15, 0.2) is 0 Å². The molecule has 1 aromatic rings. The van der Waals surface area contributed by atoms with Crippen molar-refractivity contribution in [3.63, 3.8) is 0 Å². The van der Waals surface area contributed by atoms with Crippen LogP contribution < -0.4 is 10.5 Å². The minimum absolute atomic E-state index is 0.0587. The largest absolute Gasteiger partial charge is 0.495 e. The molecule has 6 nitrogen and oxygen atoms in total. The van der Waals surface area contributed by atoms with Crippen LogP contribution in [0.5, 0.6) is 5.75 Å². The van der Waals surface area contributed by atoms with Crippen LogP contribution in [0.2, 0.25) is 0 Å². The third-order valence-corrected chi connectivity index (χ3v) is 5.65. The zero-order chi connectivity index (χ0) is 14.9. The summed E-state index contributed by atoms with van der Waals surface area (Å²) in [6, 6.07) is 2.68. The first kappa shape index (κ1) is 15.1. The van der Waals surface area contributed by atoms with E-state index in [4.69, 9.17) is 10.5 Å². The third-order valence-electron chi connectivity index (χ3n) is 3.67. The van der Waals surface area contributed by atoms with Crippen molar-refractivity contribution in [1.29, 1.82) is 0 Å². The Balaban J connectivity index is 2.51. The first-order valence-electron chi connectivity index (χ1n) is 6.48. The van der Waals surface area contributed by atoms with E-state index in [0.29, 0.717) is 18.7 Å². The van der Waals surface area contributed by atoms with Crippen LogP contribution in [0.15, 0.2) is 17.0 Å². The molecule has 0 amide bonds. The van der Waals surface area contributed by atoms with Crippen LogP contribution >= 0.6 is 0 Å². The molecule has 1 unspecified atom stereocenters. The molecule has 112 valence electrons. The van der Waals surface area contributed by atoms with Gasteiger partial charge in [0.1, 0.15) is 10.6 Å². The van der Waals surface area contributed by atoms with Crippen LogP contribution in [0.25, 0.3) is 0 Å². The maximum Gasteiger partial charge on any atom is 0.247 e. The number of rotatable bonds is 4. The van der Waals surface area contributed by atoms with Crippen LogP contribution in [0.3, 0.4) is 0 Å². The lowest BCUT2D eigenvalue weighted by atomic mass is 10.2. The second-order valence-corrected chi connectivity index (χ2v) is 6.81. The monoisotopic (exact) mass is 300 g/mol. The summed E-state index contributed by atoms with van der Waals surface area (Å²) in [5, 5.41) is 9.31.